The van der Waals surface area contributed by atoms with E-state index in [1.165, 1.54) is 0 Å². The summed E-state index contributed by atoms with van der Waals surface area (Å²) in [5.41, 5.74) is 0.837. The van der Waals surface area contributed by atoms with Crippen LogP contribution in [0.3, 0.4) is 0 Å². The van der Waals surface area contributed by atoms with E-state index in [-0.39, 0.29) is 24.3 Å². The third kappa shape index (κ3) is 1.87. The lowest BCUT2D eigenvalue weighted by Crippen LogP contribution is -2.37. The van der Waals surface area contributed by atoms with Crippen LogP contribution in [0.5, 0.6) is 0 Å². The normalized spacial score (nSPS) is 20.2. The number of aliphatic hydroxyl groups is 1. The molecule has 1 heterocycles. The number of benzene rings is 1. The van der Waals surface area contributed by atoms with E-state index in [0.29, 0.717) is 11.1 Å². The van der Waals surface area contributed by atoms with Gasteiger partial charge in [-0.3, -0.25) is 14.5 Å². The van der Waals surface area contributed by atoms with E-state index in [1.807, 2.05) is 0 Å². The molecule has 4 nitrogen and oxygen atoms in total. The van der Waals surface area contributed by atoms with Gasteiger partial charge in [-0.1, -0.05) is 15.9 Å². The molecule has 1 N–H and O–H groups in total. The highest BCUT2D eigenvalue weighted by Crippen LogP contribution is 2.34. The Labute approximate surface area is 113 Å². The number of carbonyl (C=O) groups is 2. The maximum atomic E-state index is 12.1. The van der Waals surface area contributed by atoms with Crippen LogP contribution < -0.4 is 0 Å². The summed E-state index contributed by atoms with van der Waals surface area (Å²) in [6.45, 7) is 0.106. The molecule has 0 spiro atoms. The number of carbonyl (C=O) groups excluding carboxylic acids is 2. The molecule has 2 aliphatic rings. The zero-order chi connectivity index (χ0) is 12.9. The Morgan fingerprint density at radius 1 is 1.28 bits per heavy atom. The zero-order valence-corrected chi connectivity index (χ0v) is 11.2. The number of amides is 2. The molecule has 5 heteroatoms. The smallest absolute Gasteiger partial charge is 0.261 e. The lowest BCUT2D eigenvalue weighted by molar-refractivity contribution is 0.0515. The first-order valence-corrected chi connectivity index (χ1v) is 6.71. The quantitative estimate of drug-likeness (QED) is 0.866. The highest BCUT2D eigenvalue weighted by Gasteiger charge is 2.39. The Morgan fingerprint density at radius 2 is 1.94 bits per heavy atom. The number of hydrogen-bond acceptors (Lipinski definition) is 3. The fraction of sp³-hybridized carbons (Fsp3) is 0.385. The van der Waals surface area contributed by atoms with E-state index in [0.717, 1.165) is 22.2 Å². The van der Waals surface area contributed by atoms with Gasteiger partial charge >= 0.3 is 0 Å². The SMILES string of the molecule is O=C1c2ccc(Br)cc2C(=O)N1CC(O)C1CC1. The molecule has 1 unspecified atom stereocenters. The van der Waals surface area contributed by atoms with Crippen molar-refractivity contribution in [3.63, 3.8) is 0 Å². The first-order valence-electron chi connectivity index (χ1n) is 5.91. The van der Waals surface area contributed by atoms with Crippen LogP contribution in [0.25, 0.3) is 0 Å². The fourth-order valence-electron chi connectivity index (χ4n) is 2.25. The van der Waals surface area contributed by atoms with E-state index < -0.39 is 6.10 Å². The van der Waals surface area contributed by atoms with Crippen LogP contribution in [0.15, 0.2) is 22.7 Å². The molecule has 0 aromatic heterocycles. The van der Waals surface area contributed by atoms with Gasteiger partial charge in [-0.25, -0.2) is 0 Å². The van der Waals surface area contributed by atoms with Crippen molar-refractivity contribution in [1.29, 1.82) is 0 Å². The van der Waals surface area contributed by atoms with Gasteiger partial charge in [-0.05, 0) is 37.0 Å². The van der Waals surface area contributed by atoms with Crippen molar-refractivity contribution in [2.45, 2.75) is 18.9 Å². The molecule has 1 atom stereocenters. The molecule has 0 bridgehead atoms. The largest absolute Gasteiger partial charge is 0.391 e. The molecule has 1 fully saturated rings. The number of fused-ring (bicyclic) bond motifs is 1. The van der Waals surface area contributed by atoms with Gasteiger partial charge in [0.2, 0.25) is 0 Å². The van der Waals surface area contributed by atoms with Gasteiger partial charge in [0, 0.05) is 4.47 Å². The second-order valence-corrected chi connectivity index (χ2v) is 5.73. The maximum absolute atomic E-state index is 12.1. The van der Waals surface area contributed by atoms with E-state index >= 15 is 0 Å². The molecule has 0 saturated heterocycles. The summed E-state index contributed by atoms with van der Waals surface area (Å²) >= 11 is 3.28. The summed E-state index contributed by atoms with van der Waals surface area (Å²) in [4.78, 5) is 25.3. The molecule has 2 amide bonds. The molecule has 1 aromatic carbocycles. The summed E-state index contributed by atoms with van der Waals surface area (Å²) in [6, 6.07) is 5.03. The zero-order valence-electron chi connectivity index (χ0n) is 9.60. The minimum Gasteiger partial charge on any atom is -0.391 e. The van der Waals surface area contributed by atoms with Gasteiger partial charge in [-0.15, -0.1) is 0 Å². The molecule has 1 aliphatic carbocycles. The van der Waals surface area contributed by atoms with Crippen molar-refractivity contribution < 1.29 is 14.7 Å². The van der Waals surface area contributed by atoms with Crippen molar-refractivity contribution in [2.24, 2.45) is 5.92 Å². The monoisotopic (exact) mass is 309 g/mol. The average Bonchev–Trinajstić information content (AvgIpc) is 3.15. The lowest BCUT2D eigenvalue weighted by atomic mass is 10.1. The fourth-order valence-corrected chi connectivity index (χ4v) is 2.61. The summed E-state index contributed by atoms with van der Waals surface area (Å²) in [5, 5.41) is 9.86. The summed E-state index contributed by atoms with van der Waals surface area (Å²) in [6.07, 6.45) is 1.38. The van der Waals surface area contributed by atoms with Crippen molar-refractivity contribution in [2.75, 3.05) is 6.54 Å². The van der Waals surface area contributed by atoms with Gasteiger partial charge in [0.25, 0.3) is 11.8 Å². The number of rotatable bonds is 3. The summed E-state index contributed by atoms with van der Waals surface area (Å²) in [7, 11) is 0. The predicted octanol–water partition coefficient (Wildman–Crippen LogP) is 1.82. The van der Waals surface area contributed by atoms with E-state index in [9.17, 15) is 14.7 Å². The van der Waals surface area contributed by atoms with Gasteiger partial charge in [0.15, 0.2) is 0 Å². The molecule has 94 valence electrons. The van der Waals surface area contributed by atoms with Crippen LogP contribution in [0.1, 0.15) is 33.6 Å². The third-order valence-corrected chi connectivity index (χ3v) is 3.96. The number of aliphatic hydroxyl groups excluding tert-OH is 1. The Morgan fingerprint density at radius 3 is 2.61 bits per heavy atom. The Kier molecular flexibility index (Phi) is 2.75. The van der Waals surface area contributed by atoms with Crippen molar-refractivity contribution in [3.05, 3.63) is 33.8 Å². The number of nitrogens with zero attached hydrogens (tertiary/aromatic N) is 1. The predicted molar refractivity (Wildman–Crippen MR) is 68.2 cm³/mol. The van der Waals surface area contributed by atoms with Gasteiger partial charge < -0.3 is 5.11 Å². The molecule has 0 radical (unpaired) electrons. The topological polar surface area (TPSA) is 57.6 Å². The van der Waals surface area contributed by atoms with Crippen molar-refractivity contribution in [3.8, 4) is 0 Å². The van der Waals surface area contributed by atoms with Crippen LogP contribution in [0, 0.1) is 5.92 Å². The van der Waals surface area contributed by atoms with Crippen molar-refractivity contribution in [1.82, 2.24) is 4.90 Å². The molecular weight excluding hydrogens is 298 g/mol. The van der Waals surface area contributed by atoms with Crippen LogP contribution in [-0.2, 0) is 0 Å². The molecule has 1 saturated carbocycles. The molecular formula is C13H12BrNO3. The second-order valence-electron chi connectivity index (χ2n) is 4.82. The van der Waals surface area contributed by atoms with Gasteiger partial charge in [0.1, 0.15) is 0 Å². The van der Waals surface area contributed by atoms with Crippen molar-refractivity contribution >= 4 is 27.7 Å². The standard InChI is InChI=1S/C13H12BrNO3/c14-8-3-4-9-10(5-8)13(18)15(12(9)17)6-11(16)7-1-2-7/h3-5,7,11,16H,1-2,6H2. The number of β-amino-alcohol motifs (C(OH)–C–C–N with tert-alkyl or cyclic N) is 1. The van der Waals surface area contributed by atoms with E-state index in [2.05, 4.69) is 15.9 Å². The minimum atomic E-state index is -0.587. The van der Waals surface area contributed by atoms with Crippen LogP contribution >= 0.6 is 15.9 Å². The molecule has 18 heavy (non-hydrogen) atoms. The lowest BCUT2D eigenvalue weighted by Gasteiger charge is -2.17. The minimum absolute atomic E-state index is 0.106. The first-order chi connectivity index (χ1) is 8.58. The molecule has 1 aliphatic heterocycles. The maximum Gasteiger partial charge on any atom is 0.261 e. The molecule has 3 rings (SSSR count). The Balaban J connectivity index is 1.86. The first kappa shape index (κ1) is 11.9. The molecule has 1 aromatic rings. The van der Waals surface area contributed by atoms with Gasteiger partial charge in [-0.2, -0.15) is 0 Å². The summed E-state index contributed by atoms with van der Waals surface area (Å²) in [5.74, 6) is -0.362. The third-order valence-electron chi connectivity index (χ3n) is 3.47. The van der Waals surface area contributed by atoms with Crippen LogP contribution in [0.2, 0.25) is 0 Å². The second kappa shape index (κ2) is 4.17. The highest BCUT2D eigenvalue weighted by atomic mass is 79.9. The average molecular weight is 310 g/mol. The number of halogens is 1. The van der Waals surface area contributed by atoms with Gasteiger partial charge in [0.05, 0.1) is 23.8 Å². The Bertz CT molecular complexity index is 539. The van der Waals surface area contributed by atoms with Crippen LogP contribution in [0.4, 0.5) is 0 Å². The number of imide groups is 1. The Hall–Kier alpha value is -1.20. The van der Waals surface area contributed by atoms with E-state index in [4.69, 9.17) is 0 Å². The highest BCUT2D eigenvalue weighted by molar-refractivity contribution is 9.10. The van der Waals surface area contributed by atoms with Crippen LogP contribution in [-0.4, -0.2) is 34.5 Å². The van der Waals surface area contributed by atoms with E-state index in [1.54, 1.807) is 18.2 Å². The number of hydrogen-bond donors (Lipinski definition) is 1. The summed E-state index contributed by atoms with van der Waals surface area (Å²) < 4.78 is 0.770.